The van der Waals surface area contributed by atoms with E-state index in [1.54, 1.807) is 0 Å². The molecule has 0 unspecified atom stereocenters. The number of carbonyl (C=O) groups excluding carboxylic acids is 1. The molecular formula is C21H32ArFNOSi. The zero-order valence-electron chi connectivity index (χ0n) is 16.8. The Hall–Kier alpha value is -0.343. The van der Waals surface area contributed by atoms with Crippen LogP contribution in [0.3, 0.4) is 0 Å². The Kier molecular flexibility index (Phi) is 12.0. The van der Waals surface area contributed by atoms with E-state index < -0.39 is 19.9 Å². The van der Waals surface area contributed by atoms with Crippen LogP contribution in [-0.2, 0) is 11.2 Å². The third kappa shape index (κ3) is 6.67. The molecule has 0 aliphatic rings. The molecule has 146 valence electrons. The molecule has 2 nitrogen and oxygen atoms in total. The Morgan fingerprint density at radius 2 is 1.54 bits per heavy atom. The maximum Gasteiger partial charge on any atom is 0.252 e. The average molecular weight is 402 g/mol. The average Bonchev–Trinajstić information content (AvgIpc) is 2.56. The number of halogens is 1. The second-order valence-electron chi connectivity index (χ2n) is 7.75. The zero-order valence-corrected chi connectivity index (χ0v) is 18.5. The van der Waals surface area contributed by atoms with Crippen molar-refractivity contribution in [3.63, 3.8) is 0 Å². The quantitative estimate of drug-likeness (QED) is 0.367. The molecule has 26 heavy (non-hydrogen) atoms. The fraction of sp³-hybridized carbons (Fsp3) is 0.571. The van der Waals surface area contributed by atoms with Crippen molar-refractivity contribution in [3.05, 3.63) is 35.9 Å². The number of hydrogen-bond donors (Lipinski definition) is 1. The minimum atomic E-state index is -1.82. The van der Waals surface area contributed by atoms with Crippen molar-refractivity contribution in [2.75, 3.05) is 0 Å². The van der Waals surface area contributed by atoms with E-state index in [2.05, 4.69) is 53.0 Å². The van der Waals surface area contributed by atoms with Gasteiger partial charge in [0.05, 0.1) is 5.92 Å². The molecule has 1 aromatic carbocycles. The topological polar surface area (TPSA) is 29.1 Å². The van der Waals surface area contributed by atoms with Gasteiger partial charge in [-0.25, -0.2) is 0 Å². The Bertz CT molecular complexity index is 586. The van der Waals surface area contributed by atoms with E-state index in [1.807, 2.05) is 30.3 Å². The van der Waals surface area contributed by atoms with Crippen LogP contribution < -0.4 is 5.54 Å². The van der Waals surface area contributed by atoms with Crippen LogP contribution in [0.2, 0.25) is 16.6 Å². The van der Waals surface area contributed by atoms with Crippen LogP contribution in [0.5, 0.6) is 0 Å². The van der Waals surface area contributed by atoms with Crippen LogP contribution in [0, 0.1) is 55.1 Å². The molecule has 0 aliphatic carbocycles. The summed E-state index contributed by atoms with van der Waals surface area (Å²) < 4.78 is 12.7. The number of benzene rings is 1. The third-order valence-corrected chi connectivity index (χ3v) is 11.7. The van der Waals surface area contributed by atoms with Crippen molar-refractivity contribution < 1.29 is 47.0 Å². The molecule has 1 amide bonds. The molecule has 0 fully saturated rings. The number of amides is 1. The third-order valence-electron chi connectivity index (χ3n) is 5.31. The van der Waals surface area contributed by atoms with Gasteiger partial charge in [0.15, 0.2) is 0 Å². The number of rotatable bonds is 7. The van der Waals surface area contributed by atoms with Crippen molar-refractivity contribution in [2.45, 2.75) is 71.0 Å². The molecule has 1 N–H and O–H groups in total. The van der Waals surface area contributed by atoms with E-state index in [0.29, 0.717) is 29.5 Å². The summed E-state index contributed by atoms with van der Waals surface area (Å²) in [5, 5.41) is 0. The summed E-state index contributed by atoms with van der Waals surface area (Å²) in [6.45, 7) is 13.6. The molecule has 0 spiro atoms. The normalized spacial score (nSPS) is 12.4. The van der Waals surface area contributed by atoms with Gasteiger partial charge < -0.3 is 0 Å². The molecule has 0 bridgehead atoms. The van der Waals surface area contributed by atoms with Crippen LogP contribution in [0.25, 0.3) is 0 Å². The maximum absolute atomic E-state index is 12.7. The summed E-state index contributed by atoms with van der Waals surface area (Å²) >= 11 is 0. The van der Waals surface area contributed by atoms with E-state index in [9.17, 15) is 9.28 Å². The van der Waals surface area contributed by atoms with Crippen molar-refractivity contribution in [1.82, 2.24) is 5.54 Å². The van der Waals surface area contributed by atoms with Crippen LogP contribution in [0.15, 0.2) is 30.3 Å². The molecule has 1 rings (SSSR count). The summed E-state index contributed by atoms with van der Waals surface area (Å²) in [4.78, 5) is 11.9. The molecule has 0 heterocycles. The van der Waals surface area contributed by atoms with Gasteiger partial charge in [-0.15, -0.1) is 15.9 Å². The summed E-state index contributed by atoms with van der Waals surface area (Å²) in [5.41, 5.74) is 7.58. The predicted molar refractivity (Wildman–Crippen MR) is 106 cm³/mol. The minimum Gasteiger partial charge on any atom is -0.272 e. The van der Waals surface area contributed by atoms with E-state index in [-0.39, 0.29) is 37.7 Å². The fourth-order valence-electron chi connectivity index (χ4n) is 3.99. The number of nitrogens with one attached hydrogen (secondary N) is 1. The first-order chi connectivity index (χ1) is 11.8. The van der Waals surface area contributed by atoms with Gasteiger partial charge in [-0.05, 0) is 28.6 Å². The minimum absolute atomic E-state index is 0. The van der Waals surface area contributed by atoms with Gasteiger partial charge in [0, 0.05) is 44.2 Å². The largest absolute Gasteiger partial charge is 0.272 e. The van der Waals surface area contributed by atoms with Crippen LogP contribution in [-0.4, -0.2) is 14.0 Å². The van der Waals surface area contributed by atoms with Gasteiger partial charge in [-0.1, -0.05) is 71.9 Å². The summed E-state index contributed by atoms with van der Waals surface area (Å²) in [7, 11) is -1.82. The van der Waals surface area contributed by atoms with Crippen molar-refractivity contribution >= 4 is 14.0 Å². The van der Waals surface area contributed by atoms with Crippen LogP contribution >= 0.6 is 0 Å². The summed E-state index contributed by atoms with van der Waals surface area (Å²) in [6.07, 6.45) is 0.899. The second-order valence-corrected chi connectivity index (χ2v) is 13.3. The number of carbonyl (C=O) groups is 1. The van der Waals surface area contributed by atoms with Gasteiger partial charge in [-0.3, -0.25) is 4.79 Å². The van der Waals surface area contributed by atoms with Gasteiger partial charge >= 0.3 is 0 Å². The SMILES string of the molecule is CC(C)[Si](C#CC[C@@H](Cc1ccccc1)C(=O)NF)(C(C)C)C(C)C.[Ar]. The Labute approximate surface area is 189 Å². The van der Waals surface area contributed by atoms with Crippen molar-refractivity contribution in [3.8, 4) is 11.5 Å². The monoisotopic (exact) mass is 401 g/mol. The van der Waals surface area contributed by atoms with Crippen molar-refractivity contribution in [2.24, 2.45) is 5.92 Å². The number of hydrogen-bond acceptors (Lipinski definition) is 1. The molecule has 0 radical (unpaired) electrons. The van der Waals surface area contributed by atoms with Gasteiger partial charge in [0.1, 0.15) is 8.07 Å². The smallest absolute Gasteiger partial charge is 0.252 e. The standard InChI is InChI=1S/C21H32FNOSi.Ar/c1-16(2)25(17(3)4,18(5)6)14-10-13-20(21(24)23-22)15-19-11-8-7-9-12-19;/h7-9,11-12,16-18,20H,13,15H2,1-6H3,(H,23,24);/t20-;/m0./s1. The van der Waals surface area contributed by atoms with Gasteiger partial charge in [-0.2, -0.15) is 5.54 Å². The summed E-state index contributed by atoms with van der Waals surface area (Å²) in [6, 6.07) is 9.71. The molecule has 1 aromatic rings. The first-order valence-electron chi connectivity index (χ1n) is 9.20. The van der Waals surface area contributed by atoms with E-state index in [4.69, 9.17) is 0 Å². The Morgan fingerprint density at radius 1 is 1.04 bits per heavy atom. The molecule has 5 heteroatoms. The predicted octanol–water partition coefficient (Wildman–Crippen LogP) is 5.46. The molecule has 0 aromatic heterocycles. The Balaban J connectivity index is 0.00000625. The first-order valence-corrected chi connectivity index (χ1v) is 11.4. The van der Waals surface area contributed by atoms with Gasteiger partial charge in [0.25, 0.3) is 5.91 Å². The van der Waals surface area contributed by atoms with Crippen molar-refractivity contribution in [1.29, 1.82) is 0 Å². The Morgan fingerprint density at radius 3 is 1.96 bits per heavy atom. The van der Waals surface area contributed by atoms with E-state index in [1.165, 1.54) is 5.54 Å². The van der Waals surface area contributed by atoms with Crippen LogP contribution in [0.1, 0.15) is 53.5 Å². The van der Waals surface area contributed by atoms with Gasteiger partial charge in [0.2, 0.25) is 0 Å². The van der Waals surface area contributed by atoms with Crippen LogP contribution in [0.4, 0.5) is 4.48 Å². The molecule has 0 aliphatic heterocycles. The molecule has 1 atom stereocenters. The molecule has 0 saturated heterocycles. The first kappa shape index (κ1) is 25.7. The maximum atomic E-state index is 12.7. The van der Waals surface area contributed by atoms with E-state index in [0.717, 1.165) is 5.56 Å². The molecule has 0 saturated carbocycles. The van der Waals surface area contributed by atoms with E-state index >= 15 is 0 Å². The summed E-state index contributed by atoms with van der Waals surface area (Å²) in [5.74, 6) is 2.25. The second kappa shape index (κ2) is 12.2. The zero-order chi connectivity index (χ0) is 19.0. The molecular weight excluding hydrogens is 369 g/mol. The fourth-order valence-corrected chi connectivity index (χ4v) is 9.27.